The van der Waals surface area contributed by atoms with Crippen molar-refractivity contribution in [2.45, 2.75) is 19.3 Å². The maximum absolute atomic E-state index is 5.99. The minimum atomic E-state index is 0.401. The highest BCUT2D eigenvalue weighted by molar-refractivity contribution is 6.30. The predicted molar refractivity (Wildman–Crippen MR) is 89.4 cm³/mol. The van der Waals surface area contributed by atoms with Crippen LogP contribution in [-0.2, 0) is 6.42 Å². The Hall–Kier alpha value is -1.51. The molecule has 1 unspecified atom stereocenters. The molecule has 2 nitrogen and oxygen atoms in total. The fourth-order valence-corrected chi connectivity index (χ4v) is 2.62. The standard InChI is InChI=1S/C18H22ClNO/c1-3-20-13-16(14-8-10-17(19)11-9-14)12-15-6-4-5-7-18(15)21-2/h4-11,16,20H,3,12-13H2,1-2H3. The Balaban J connectivity index is 2.21. The Morgan fingerprint density at radius 3 is 2.48 bits per heavy atom. The number of hydrogen-bond acceptors (Lipinski definition) is 2. The summed E-state index contributed by atoms with van der Waals surface area (Å²) in [5.74, 6) is 1.35. The molecule has 2 aromatic rings. The largest absolute Gasteiger partial charge is 0.496 e. The Bertz CT molecular complexity index is 553. The zero-order valence-electron chi connectivity index (χ0n) is 12.6. The molecule has 0 fully saturated rings. The van der Waals surface area contributed by atoms with E-state index in [4.69, 9.17) is 16.3 Å². The van der Waals surface area contributed by atoms with Crippen molar-refractivity contribution in [1.29, 1.82) is 0 Å². The SMILES string of the molecule is CCNCC(Cc1ccccc1OC)c1ccc(Cl)cc1. The van der Waals surface area contributed by atoms with Gasteiger partial charge in [-0.3, -0.25) is 0 Å². The molecule has 1 N–H and O–H groups in total. The molecule has 2 aromatic carbocycles. The normalized spacial score (nSPS) is 12.1. The summed E-state index contributed by atoms with van der Waals surface area (Å²) in [5.41, 5.74) is 2.53. The van der Waals surface area contributed by atoms with E-state index >= 15 is 0 Å². The smallest absolute Gasteiger partial charge is 0.122 e. The number of rotatable bonds is 7. The number of likely N-dealkylation sites (N-methyl/N-ethyl adjacent to an activating group) is 1. The van der Waals surface area contributed by atoms with Crippen LogP contribution in [0.1, 0.15) is 24.0 Å². The number of para-hydroxylation sites is 1. The first-order valence-electron chi connectivity index (χ1n) is 7.32. The molecule has 2 rings (SSSR count). The first-order chi connectivity index (χ1) is 10.2. The number of benzene rings is 2. The van der Waals surface area contributed by atoms with Crippen LogP contribution in [0.15, 0.2) is 48.5 Å². The number of hydrogen-bond donors (Lipinski definition) is 1. The van der Waals surface area contributed by atoms with Crippen molar-refractivity contribution in [3.05, 3.63) is 64.7 Å². The highest BCUT2D eigenvalue weighted by Crippen LogP contribution is 2.27. The number of nitrogens with one attached hydrogen (secondary N) is 1. The van der Waals surface area contributed by atoms with Crippen LogP contribution in [0.2, 0.25) is 5.02 Å². The summed E-state index contributed by atoms with van der Waals surface area (Å²) in [4.78, 5) is 0. The summed E-state index contributed by atoms with van der Waals surface area (Å²) in [7, 11) is 1.72. The van der Waals surface area contributed by atoms with Crippen molar-refractivity contribution in [3.8, 4) is 5.75 Å². The predicted octanol–water partition coefficient (Wildman–Crippen LogP) is 4.28. The lowest BCUT2D eigenvalue weighted by molar-refractivity contribution is 0.407. The molecule has 3 heteroatoms. The molecular formula is C18H22ClNO. The first kappa shape index (κ1) is 15.9. The lowest BCUT2D eigenvalue weighted by Gasteiger charge is -2.19. The lowest BCUT2D eigenvalue weighted by Crippen LogP contribution is -2.22. The summed E-state index contributed by atoms with van der Waals surface area (Å²) >= 11 is 5.99. The quantitative estimate of drug-likeness (QED) is 0.824. The topological polar surface area (TPSA) is 21.3 Å². The van der Waals surface area contributed by atoms with Gasteiger partial charge in [0, 0.05) is 17.5 Å². The maximum Gasteiger partial charge on any atom is 0.122 e. The van der Waals surface area contributed by atoms with Gasteiger partial charge < -0.3 is 10.1 Å². The Kier molecular flexibility index (Phi) is 6.09. The third kappa shape index (κ3) is 4.48. The van der Waals surface area contributed by atoms with Gasteiger partial charge in [0.2, 0.25) is 0 Å². The third-order valence-corrected chi connectivity index (χ3v) is 3.89. The molecule has 0 aromatic heterocycles. The van der Waals surface area contributed by atoms with Crippen LogP contribution in [0, 0.1) is 0 Å². The van der Waals surface area contributed by atoms with Crippen LogP contribution < -0.4 is 10.1 Å². The van der Waals surface area contributed by atoms with Gasteiger partial charge in [0.15, 0.2) is 0 Å². The molecule has 0 saturated carbocycles. The van der Waals surface area contributed by atoms with Crippen molar-refractivity contribution in [1.82, 2.24) is 5.32 Å². The van der Waals surface area contributed by atoms with E-state index in [0.717, 1.165) is 30.3 Å². The van der Waals surface area contributed by atoms with Crippen molar-refractivity contribution in [2.24, 2.45) is 0 Å². The molecular weight excluding hydrogens is 282 g/mol. The van der Waals surface area contributed by atoms with Crippen LogP contribution in [0.3, 0.4) is 0 Å². The fourth-order valence-electron chi connectivity index (χ4n) is 2.50. The summed E-state index contributed by atoms with van der Waals surface area (Å²) in [6.45, 7) is 4.04. The minimum Gasteiger partial charge on any atom is -0.496 e. The average Bonchev–Trinajstić information content (AvgIpc) is 2.52. The highest BCUT2D eigenvalue weighted by Gasteiger charge is 2.14. The van der Waals surface area contributed by atoms with E-state index in [1.54, 1.807) is 7.11 Å². The molecule has 0 aliphatic heterocycles. The third-order valence-electron chi connectivity index (χ3n) is 3.64. The van der Waals surface area contributed by atoms with Gasteiger partial charge >= 0.3 is 0 Å². The monoisotopic (exact) mass is 303 g/mol. The second-order valence-corrected chi connectivity index (χ2v) is 5.51. The summed E-state index contributed by atoms with van der Waals surface area (Å²) in [6, 6.07) is 16.3. The van der Waals surface area contributed by atoms with Gasteiger partial charge in [0.25, 0.3) is 0 Å². The molecule has 1 atom stereocenters. The van der Waals surface area contributed by atoms with Crippen LogP contribution >= 0.6 is 11.6 Å². The number of ether oxygens (including phenoxy) is 1. The van der Waals surface area contributed by atoms with Crippen LogP contribution in [-0.4, -0.2) is 20.2 Å². The molecule has 0 aliphatic carbocycles. The Morgan fingerprint density at radius 2 is 1.81 bits per heavy atom. The van der Waals surface area contributed by atoms with E-state index in [1.807, 2.05) is 24.3 Å². The molecule has 0 radical (unpaired) electrons. The van der Waals surface area contributed by atoms with Crippen molar-refractivity contribution in [2.75, 3.05) is 20.2 Å². The number of halogens is 1. The molecule has 0 amide bonds. The van der Waals surface area contributed by atoms with Crippen molar-refractivity contribution in [3.63, 3.8) is 0 Å². The fraction of sp³-hybridized carbons (Fsp3) is 0.333. The van der Waals surface area contributed by atoms with Gasteiger partial charge in [-0.25, -0.2) is 0 Å². The van der Waals surface area contributed by atoms with E-state index in [2.05, 4.69) is 36.5 Å². The second-order valence-electron chi connectivity index (χ2n) is 5.07. The minimum absolute atomic E-state index is 0.401. The molecule has 21 heavy (non-hydrogen) atoms. The van der Waals surface area contributed by atoms with Gasteiger partial charge in [-0.05, 0) is 42.3 Å². The molecule has 0 saturated heterocycles. The van der Waals surface area contributed by atoms with Gasteiger partial charge in [-0.1, -0.05) is 48.9 Å². The van der Waals surface area contributed by atoms with E-state index in [1.165, 1.54) is 11.1 Å². The molecule has 0 bridgehead atoms. The first-order valence-corrected chi connectivity index (χ1v) is 7.70. The van der Waals surface area contributed by atoms with E-state index in [0.29, 0.717) is 5.92 Å². The molecule has 0 aliphatic rings. The Morgan fingerprint density at radius 1 is 1.10 bits per heavy atom. The second kappa shape index (κ2) is 8.06. The van der Waals surface area contributed by atoms with Gasteiger partial charge in [0.1, 0.15) is 5.75 Å². The lowest BCUT2D eigenvalue weighted by atomic mass is 9.91. The van der Waals surface area contributed by atoms with Crippen molar-refractivity contribution >= 4 is 11.6 Å². The summed E-state index contributed by atoms with van der Waals surface area (Å²) in [6.07, 6.45) is 0.943. The van der Waals surface area contributed by atoms with Crippen LogP contribution in [0.4, 0.5) is 0 Å². The number of methoxy groups -OCH3 is 1. The zero-order valence-corrected chi connectivity index (χ0v) is 13.4. The molecule has 112 valence electrons. The zero-order chi connectivity index (χ0) is 15.1. The van der Waals surface area contributed by atoms with Crippen LogP contribution in [0.5, 0.6) is 5.75 Å². The molecule has 0 spiro atoms. The van der Waals surface area contributed by atoms with Crippen LogP contribution in [0.25, 0.3) is 0 Å². The summed E-state index contributed by atoms with van der Waals surface area (Å²) in [5, 5.41) is 4.22. The highest BCUT2D eigenvalue weighted by atomic mass is 35.5. The van der Waals surface area contributed by atoms with E-state index in [9.17, 15) is 0 Å². The summed E-state index contributed by atoms with van der Waals surface area (Å²) < 4.78 is 5.46. The van der Waals surface area contributed by atoms with Gasteiger partial charge in [-0.15, -0.1) is 0 Å². The van der Waals surface area contributed by atoms with E-state index < -0.39 is 0 Å². The molecule has 0 heterocycles. The van der Waals surface area contributed by atoms with Crippen molar-refractivity contribution < 1.29 is 4.74 Å². The maximum atomic E-state index is 5.99. The van der Waals surface area contributed by atoms with Gasteiger partial charge in [-0.2, -0.15) is 0 Å². The average molecular weight is 304 g/mol. The van der Waals surface area contributed by atoms with Gasteiger partial charge in [0.05, 0.1) is 7.11 Å². The Labute approximate surface area is 132 Å². The van der Waals surface area contributed by atoms with E-state index in [-0.39, 0.29) is 0 Å².